The summed E-state index contributed by atoms with van der Waals surface area (Å²) in [5, 5.41) is 0.606. The second kappa shape index (κ2) is 6.59. The molecule has 1 rings (SSSR count). The highest BCUT2D eigenvalue weighted by Crippen LogP contribution is 2.14. The molecule has 17 heavy (non-hydrogen) atoms. The smallest absolute Gasteiger partial charge is 0.212 e. The number of halogens is 2. The van der Waals surface area contributed by atoms with Gasteiger partial charge in [0.1, 0.15) is 0 Å². The van der Waals surface area contributed by atoms with Gasteiger partial charge < -0.3 is 0 Å². The maximum absolute atomic E-state index is 11.8. The van der Waals surface area contributed by atoms with E-state index in [-0.39, 0.29) is 5.75 Å². The Morgan fingerprint density at radius 2 is 2.06 bits per heavy atom. The molecule has 0 bridgehead atoms. The van der Waals surface area contributed by atoms with Gasteiger partial charge in [-0.25, -0.2) is 12.7 Å². The molecule has 0 saturated heterocycles. The lowest BCUT2D eigenvalue weighted by molar-refractivity contribution is 0.466. The fourth-order valence-corrected chi connectivity index (χ4v) is 3.06. The summed E-state index contributed by atoms with van der Waals surface area (Å²) in [6.45, 7) is 0.325. The van der Waals surface area contributed by atoms with E-state index in [4.69, 9.17) is 23.2 Å². The zero-order valence-corrected chi connectivity index (χ0v) is 11.9. The van der Waals surface area contributed by atoms with E-state index in [2.05, 4.69) is 0 Å². The maximum atomic E-state index is 11.8. The zero-order chi connectivity index (χ0) is 12.9. The summed E-state index contributed by atoms with van der Waals surface area (Å²) in [6.07, 6.45) is 0.462. The van der Waals surface area contributed by atoms with E-state index >= 15 is 0 Å². The van der Waals surface area contributed by atoms with Crippen LogP contribution in [-0.4, -0.2) is 31.4 Å². The van der Waals surface area contributed by atoms with Gasteiger partial charge in [-0.2, -0.15) is 0 Å². The third-order valence-corrected chi connectivity index (χ3v) is 4.69. The molecule has 96 valence electrons. The molecule has 0 heterocycles. The molecule has 0 N–H and O–H groups in total. The van der Waals surface area contributed by atoms with Gasteiger partial charge in [0.15, 0.2) is 0 Å². The molecule has 0 spiro atoms. The van der Waals surface area contributed by atoms with Crippen LogP contribution in [-0.2, 0) is 16.6 Å². The lowest BCUT2D eigenvalue weighted by Crippen LogP contribution is -2.29. The highest BCUT2D eigenvalue weighted by molar-refractivity contribution is 7.89. The molecule has 0 fully saturated rings. The second-order valence-electron chi connectivity index (χ2n) is 3.74. The largest absolute Gasteiger partial charge is 0.214 e. The van der Waals surface area contributed by atoms with E-state index in [0.717, 1.165) is 5.56 Å². The highest BCUT2D eigenvalue weighted by atomic mass is 35.5. The van der Waals surface area contributed by atoms with Crippen molar-refractivity contribution < 1.29 is 8.42 Å². The van der Waals surface area contributed by atoms with Crippen molar-refractivity contribution in [3.8, 4) is 0 Å². The summed E-state index contributed by atoms with van der Waals surface area (Å²) in [7, 11) is -1.67. The first-order valence-electron chi connectivity index (χ1n) is 5.20. The fraction of sp³-hybridized carbons (Fsp3) is 0.455. The Balaban J connectivity index is 2.68. The summed E-state index contributed by atoms with van der Waals surface area (Å²) in [4.78, 5) is 0. The summed E-state index contributed by atoms with van der Waals surface area (Å²) in [5.74, 6) is 0.428. The first-order chi connectivity index (χ1) is 7.95. The number of hydrogen-bond acceptors (Lipinski definition) is 2. The van der Waals surface area contributed by atoms with Gasteiger partial charge in [-0.05, 0) is 24.1 Å². The lowest BCUT2D eigenvalue weighted by atomic mass is 10.2. The molecule has 0 aliphatic rings. The summed E-state index contributed by atoms with van der Waals surface area (Å²) >= 11 is 11.3. The molecule has 0 aromatic heterocycles. The van der Waals surface area contributed by atoms with Crippen LogP contribution in [0.3, 0.4) is 0 Å². The molecule has 1 aromatic carbocycles. The first kappa shape index (κ1) is 14.8. The fourth-order valence-electron chi connectivity index (χ4n) is 1.38. The molecule has 6 heteroatoms. The van der Waals surface area contributed by atoms with Gasteiger partial charge in [0.2, 0.25) is 10.0 Å². The molecule has 0 radical (unpaired) electrons. The predicted molar refractivity (Wildman–Crippen MR) is 72.0 cm³/mol. The Morgan fingerprint density at radius 1 is 1.35 bits per heavy atom. The van der Waals surface area contributed by atoms with Crippen molar-refractivity contribution in [3.63, 3.8) is 0 Å². The number of nitrogens with zero attached hydrogens (tertiary/aromatic N) is 1. The van der Waals surface area contributed by atoms with Gasteiger partial charge in [-0.1, -0.05) is 23.7 Å². The van der Waals surface area contributed by atoms with E-state index < -0.39 is 10.0 Å². The first-order valence-corrected chi connectivity index (χ1v) is 7.72. The molecule has 0 unspecified atom stereocenters. The normalized spacial score (nSPS) is 12.0. The van der Waals surface area contributed by atoms with Gasteiger partial charge in [0.05, 0.1) is 5.75 Å². The van der Waals surface area contributed by atoms with Gasteiger partial charge in [-0.3, -0.25) is 0 Å². The van der Waals surface area contributed by atoms with Gasteiger partial charge in [0.25, 0.3) is 0 Å². The van der Waals surface area contributed by atoms with Crippen LogP contribution < -0.4 is 0 Å². The van der Waals surface area contributed by atoms with Crippen LogP contribution in [0.2, 0.25) is 5.02 Å². The SMILES string of the molecule is CN(Cc1cccc(Cl)c1)S(=O)(=O)CCCCl. The maximum Gasteiger partial charge on any atom is 0.214 e. The van der Waals surface area contributed by atoms with Crippen molar-refractivity contribution in [2.75, 3.05) is 18.7 Å². The zero-order valence-electron chi connectivity index (χ0n) is 9.57. The second-order valence-corrected chi connectivity index (χ2v) is 6.75. The van der Waals surface area contributed by atoms with Crippen LogP contribution in [0.5, 0.6) is 0 Å². The molecular weight excluding hydrogens is 281 g/mol. The van der Waals surface area contributed by atoms with E-state index in [1.165, 1.54) is 4.31 Å². The summed E-state index contributed by atoms with van der Waals surface area (Å²) in [6, 6.07) is 7.17. The van der Waals surface area contributed by atoms with E-state index in [1.54, 1.807) is 25.2 Å². The number of sulfonamides is 1. The van der Waals surface area contributed by atoms with Gasteiger partial charge in [0, 0.05) is 24.5 Å². The molecule has 1 aromatic rings. The van der Waals surface area contributed by atoms with Crippen molar-refractivity contribution in [3.05, 3.63) is 34.9 Å². The minimum Gasteiger partial charge on any atom is -0.212 e. The van der Waals surface area contributed by atoms with Crippen molar-refractivity contribution in [2.24, 2.45) is 0 Å². The summed E-state index contributed by atoms with van der Waals surface area (Å²) in [5.41, 5.74) is 0.870. The third-order valence-electron chi connectivity index (χ3n) is 2.31. The van der Waals surface area contributed by atoms with Crippen molar-refractivity contribution >= 4 is 33.2 Å². The average molecular weight is 296 g/mol. The molecule has 3 nitrogen and oxygen atoms in total. The third kappa shape index (κ3) is 4.84. The molecule has 0 amide bonds. The number of alkyl halides is 1. The topological polar surface area (TPSA) is 37.4 Å². The molecular formula is C11H15Cl2NO2S. The Morgan fingerprint density at radius 3 is 2.65 bits per heavy atom. The van der Waals surface area contributed by atoms with Gasteiger partial charge >= 0.3 is 0 Å². The Bertz CT molecular complexity index is 462. The summed E-state index contributed by atoms with van der Waals surface area (Å²) < 4.78 is 25.0. The van der Waals surface area contributed by atoms with E-state index in [1.807, 2.05) is 6.07 Å². The number of benzene rings is 1. The van der Waals surface area contributed by atoms with Crippen molar-refractivity contribution in [2.45, 2.75) is 13.0 Å². The quantitative estimate of drug-likeness (QED) is 0.757. The minimum absolute atomic E-state index is 0.0770. The van der Waals surface area contributed by atoms with Crippen LogP contribution in [0.15, 0.2) is 24.3 Å². The van der Waals surface area contributed by atoms with Crippen LogP contribution in [0.4, 0.5) is 0 Å². The van der Waals surface area contributed by atoms with Crippen molar-refractivity contribution in [1.29, 1.82) is 0 Å². The predicted octanol–water partition coefficient (Wildman–Crippen LogP) is 2.73. The van der Waals surface area contributed by atoms with E-state index in [9.17, 15) is 8.42 Å². The van der Waals surface area contributed by atoms with Gasteiger partial charge in [-0.15, -0.1) is 11.6 Å². The van der Waals surface area contributed by atoms with Crippen LogP contribution >= 0.6 is 23.2 Å². The molecule has 0 saturated carbocycles. The number of rotatable bonds is 6. The molecule has 0 atom stereocenters. The minimum atomic E-state index is -3.23. The lowest BCUT2D eigenvalue weighted by Gasteiger charge is -2.17. The average Bonchev–Trinajstić information content (AvgIpc) is 2.26. The Labute approximate surface area is 112 Å². The Hall–Kier alpha value is -0.290. The number of hydrogen-bond donors (Lipinski definition) is 0. The van der Waals surface area contributed by atoms with Crippen LogP contribution in [0.25, 0.3) is 0 Å². The molecule has 0 aliphatic heterocycles. The van der Waals surface area contributed by atoms with Crippen molar-refractivity contribution in [1.82, 2.24) is 4.31 Å². The standard InChI is InChI=1S/C11H15Cl2NO2S/c1-14(17(15,16)7-3-6-12)9-10-4-2-5-11(13)8-10/h2,4-5,8H,3,6-7,9H2,1H3. The van der Waals surface area contributed by atoms with E-state index in [0.29, 0.717) is 23.9 Å². The van der Waals surface area contributed by atoms with Crippen LogP contribution in [0.1, 0.15) is 12.0 Å². The Kier molecular flexibility index (Phi) is 5.73. The highest BCUT2D eigenvalue weighted by Gasteiger charge is 2.17. The monoisotopic (exact) mass is 295 g/mol. The molecule has 0 aliphatic carbocycles. The van der Waals surface area contributed by atoms with Crippen LogP contribution in [0, 0.1) is 0 Å².